The molecular weight excluding hydrogens is 316 g/mol. The maximum absolute atomic E-state index is 12.1. The number of carbonyl (C=O) groups is 2. The average Bonchev–Trinajstić information content (AvgIpc) is 2.60. The Bertz CT molecular complexity index is 711. The Morgan fingerprint density at radius 2 is 1.84 bits per heavy atom. The number of unbranched alkanes of at least 4 members (excludes halogenated alkanes) is 1. The van der Waals surface area contributed by atoms with Gasteiger partial charge in [-0.25, -0.2) is 0 Å². The Morgan fingerprint density at radius 1 is 1.08 bits per heavy atom. The van der Waals surface area contributed by atoms with Crippen LogP contribution < -0.4 is 15.4 Å². The van der Waals surface area contributed by atoms with Crippen molar-refractivity contribution in [1.82, 2.24) is 5.32 Å². The summed E-state index contributed by atoms with van der Waals surface area (Å²) in [6, 6.07) is 14.4. The van der Waals surface area contributed by atoms with Gasteiger partial charge in [0.25, 0.3) is 5.91 Å². The number of nitrogens with one attached hydrogen (secondary N) is 2. The Labute approximate surface area is 148 Å². The minimum Gasteiger partial charge on any atom is -0.494 e. The third-order valence-corrected chi connectivity index (χ3v) is 3.59. The Kier molecular flexibility index (Phi) is 7.01. The number of ether oxygens (including phenoxy) is 1. The van der Waals surface area contributed by atoms with Gasteiger partial charge in [0.05, 0.1) is 13.2 Å². The summed E-state index contributed by atoms with van der Waals surface area (Å²) in [4.78, 5) is 24.0. The molecule has 0 saturated heterocycles. The number of amides is 2. The van der Waals surface area contributed by atoms with Crippen molar-refractivity contribution < 1.29 is 14.3 Å². The fraction of sp³-hybridized carbons (Fsp3) is 0.300. The first-order valence-corrected chi connectivity index (χ1v) is 8.46. The molecule has 0 bridgehead atoms. The van der Waals surface area contributed by atoms with E-state index in [1.165, 1.54) is 0 Å². The maximum Gasteiger partial charge on any atom is 0.251 e. The number of anilines is 1. The lowest BCUT2D eigenvalue weighted by molar-refractivity contribution is -0.115. The van der Waals surface area contributed by atoms with E-state index in [-0.39, 0.29) is 18.4 Å². The Hall–Kier alpha value is -2.82. The first-order chi connectivity index (χ1) is 12.1. The van der Waals surface area contributed by atoms with Crippen molar-refractivity contribution >= 4 is 17.5 Å². The van der Waals surface area contributed by atoms with Gasteiger partial charge in [-0.15, -0.1) is 0 Å². The molecule has 5 heteroatoms. The molecule has 2 N–H and O–H groups in total. The molecule has 0 unspecified atom stereocenters. The summed E-state index contributed by atoms with van der Waals surface area (Å²) in [5.74, 6) is 0.181. The summed E-state index contributed by atoms with van der Waals surface area (Å²) in [5, 5.41) is 5.37. The summed E-state index contributed by atoms with van der Waals surface area (Å²) >= 11 is 0. The molecule has 0 atom stereocenters. The SMILES string of the molecule is CCCCOc1ccc(C(=O)NCC(=O)Nc2cccc(C)c2)cc1. The van der Waals surface area contributed by atoms with E-state index in [2.05, 4.69) is 17.6 Å². The lowest BCUT2D eigenvalue weighted by Crippen LogP contribution is -2.32. The van der Waals surface area contributed by atoms with Crippen molar-refractivity contribution in [2.24, 2.45) is 0 Å². The van der Waals surface area contributed by atoms with Gasteiger partial charge in [-0.3, -0.25) is 9.59 Å². The van der Waals surface area contributed by atoms with E-state index in [4.69, 9.17) is 4.74 Å². The van der Waals surface area contributed by atoms with Crippen molar-refractivity contribution in [3.05, 3.63) is 59.7 Å². The van der Waals surface area contributed by atoms with Gasteiger partial charge in [-0.1, -0.05) is 25.5 Å². The molecule has 0 spiro atoms. The van der Waals surface area contributed by atoms with Gasteiger partial charge in [-0.2, -0.15) is 0 Å². The fourth-order valence-corrected chi connectivity index (χ4v) is 2.23. The highest BCUT2D eigenvalue weighted by molar-refractivity contribution is 5.99. The molecule has 0 saturated carbocycles. The zero-order valence-electron chi connectivity index (χ0n) is 14.7. The minimum atomic E-state index is -0.292. The van der Waals surface area contributed by atoms with Gasteiger partial charge in [0.1, 0.15) is 5.75 Å². The van der Waals surface area contributed by atoms with Crippen molar-refractivity contribution in [3.8, 4) is 5.75 Å². The van der Waals surface area contributed by atoms with Gasteiger partial charge in [0.2, 0.25) is 5.91 Å². The van der Waals surface area contributed by atoms with Crippen LogP contribution in [0.5, 0.6) is 5.75 Å². The van der Waals surface area contributed by atoms with E-state index in [1.54, 1.807) is 24.3 Å². The van der Waals surface area contributed by atoms with E-state index in [0.29, 0.717) is 17.9 Å². The number of rotatable bonds is 8. The highest BCUT2D eigenvalue weighted by atomic mass is 16.5. The molecule has 2 aromatic carbocycles. The normalized spacial score (nSPS) is 10.2. The van der Waals surface area contributed by atoms with Crippen LogP contribution in [-0.4, -0.2) is 25.0 Å². The van der Waals surface area contributed by atoms with E-state index >= 15 is 0 Å². The molecule has 2 rings (SSSR count). The van der Waals surface area contributed by atoms with Crippen LogP contribution in [0.1, 0.15) is 35.7 Å². The zero-order valence-corrected chi connectivity index (χ0v) is 14.7. The quantitative estimate of drug-likeness (QED) is 0.722. The predicted molar refractivity (Wildman–Crippen MR) is 99.0 cm³/mol. The van der Waals surface area contributed by atoms with Crippen molar-refractivity contribution in [2.45, 2.75) is 26.7 Å². The monoisotopic (exact) mass is 340 g/mol. The van der Waals surface area contributed by atoms with Gasteiger partial charge >= 0.3 is 0 Å². The molecule has 2 aromatic rings. The van der Waals surface area contributed by atoms with E-state index in [9.17, 15) is 9.59 Å². The van der Waals surface area contributed by atoms with Crippen molar-refractivity contribution in [3.63, 3.8) is 0 Å². The van der Waals surface area contributed by atoms with Gasteiger partial charge in [0, 0.05) is 11.3 Å². The van der Waals surface area contributed by atoms with Crippen LogP contribution in [0.4, 0.5) is 5.69 Å². The number of hydrogen-bond acceptors (Lipinski definition) is 3. The Balaban J connectivity index is 1.80. The van der Waals surface area contributed by atoms with Crippen LogP contribution in [0.2, 0.25) is 0 Å². The molecule has 2 amide bonds. The molecule has 5 nitrogen and oxygen atoms in total. The number of aryl methyl sites for hydroxylation is 1. The smallest absolute Gasteiger partial charge is 0.251 e. The molecule has 0 radical (unpaired) electrons. The van der Waals surface area contributed by atoms with Crippen LogP contribution in [-0.2, 0) is 4.79 Å². The zero-order chi connectivity index (χ0) is 18.1. The molecule has 25 heavy (non-hydrogen) atoms. The number of benzene rings is 2. The molecule has 0 aliphatic rings. The number of hydrogen-bond donors (Lipinski definition) is 2. The largest absolute Gasteiger partial charge is 0.494 e. The third kappa shape index (κ3) is 6.30. The molecule has 0 aliphatic carbocycles. The maximum atomic E-state index is 12.1. The summed E-state index contributed by atoms with van der Waals surface area (Å²) in [7, 11) is 0. The number of carbonyl (C=O) groups excluding carboxylic acids is 2. The molecular formula is C20H24N2O3. The third-order valence-electron chi connectivity index (χ3n) is 3.59. The first-order valence-electron chi connectivity index (χ1n) is 8.46. The van der Waals surface area contributed by atoms with Crippen molar-refractivity contribution in [2.75, 3.05) is 18.5 Å². The lowest BCUT2D eigenvalue weighted by atomic mass is 10.2. The van der Waals surface area contributed by atoms with Crippen LogP contribution >= 0.6 is 0 Å². The summed E-state index contributed by atoms with van der Waals surface area (Å²) in [5.41, 5.74) is 2.27. The van der Waals surface area contributed by atoms with Crippen LogP contribution in [0.3, 0.4) is 0 Å². The standard InChI is InChI=1S/C20H24N2O3/c1-3-4-12-25-18-10-8-16(9-11-18)20(24)21-14-19(23)22-17-7-5-6-15(2)13-17/h5-11,13H,3-4,12,14H2,1-2H3,(H,21,24)(H,22,23). The van der Waals surface area contributed by atoms with E-state index in [1.807, 2.05) is 31.2 Å². The molecule has 132 valence electrons. The summed E-state index contributed by atoms with van der Waals surface area (Å²) < 4.78 is 5.56. The second-order valence-corrected chi connectivity index (χ2v) is 5.83. The topological polar surface area (TPSA) is 67.4 Å². The van der Waals surface area contributed by atoms with Gasteiger partial charge in [-0.05, 0) is 55.3 Å². The van der Waals surface area contributed by atoms with E-state index < -0.39 is 0 Å². The van der Waals surface area contributed by atoms with Gasteiger partial charge in [0.15, 0.2) is 0 Å². The predicted octanol–water partition coefficient (Wildman–Crippen LogP) is 3.54. The highest BCUT2D eigenvalue weighted by Crippen LogP contribution is 2.13. The van der Waals surface area contributed by atoms with Crippen LogP contribution in [0, 0.1) is 6.92 Å². The molecule has 0 aliphatic heterocycles. The van der Waals surface area contributed by atoms with Crippen LogP contribution in [0.15, 0.2) is 48.5 Å². The lowest BCUT2D eigenvalue weighted by Gasteiger charge is -2.09. The molecule has 0 aromatic heterocycles. The highest BCUT2D eigenvalue weighted by Gasteiger charge is 2.08. The molecule has 0 fully saturated rings. The summed E-state index contributed by atoms with van der Waals surface area (Å²) in [6.45, 7) is 4.64. The van der Waals surface area contributed by atoms with Crippen LogP contribution in [0.25, 0.3) is 0 Å². The van der Waals surface area contributed by atoms with Gasteiger partial charge < -0.3 is 15.4 Å². The second-order valence-electron chi connectivity index (χ2n) is 5.83. The fourth-order valence-electron chi connectivity index (χ4n) is 2.23. The van der Waals surface area contributed by atoms with Crippen molar-refractivity contribution in [1.29, 1.82) is 0 Å². The molecule has 0 heterocycles. The first kappa shape index (κ1) is 18.5. The van der Waals surface area contributed by atoms with E-state index in [0.717, 1.165) is 24.2 Å². The minimum absolute atomic E-state index is 0.0818. The Morgan fingerprint density at radius 3 is 2.52 bits per heavy atom. The summed E-state index contributed by atoms with van der Waals surface area (Å²) in [6.07, 6.45) is 2.07. The average molecular weight is 340 g/mol. The second kappa shape index (κ2) is 9.47.